The molecule has 0 aliphatic heterocycles. The molecular formula is C21H20N4OS. The Morgan fingerprint density at radius 3 is 2.63 bits per heavy atom. The second-order valence-electron chi connectivity index (χ2n) is 6.37. The minimum absolute atomic E-state index is 0.0128. The van der Waals surface area contributed by atoms with Gasteiger partial charge in [-0.15, -0.1) is 10.2 Å². The highest BCUT2D eigenvalue weighted by Crippen LogP contribution is 2.35. The van der Waals surface area contributed by atoms with E-state index in [2.05, 4.69) is 58.7 Å². The monoisotopic (exact) mass is 376 g/mol. The first-order valence-corrected chi connectivity index (χ1v) is 9.67. The summed E-state index contributed by atoms with van der Waals surface area (Å²) < 4.78 is 8.00. The van der Waals surface area contributed by atoms with Crippen molar-refractivity contribution in [3.8, 4) is 17.1 Å². The topological polar surface area (TPSA) is 56.7 Å². The maximum absolute atomic E-state index is 5.89. The molecule has 136 valence electrons. The molecule has 5 nitrogen and oxygen atoms in total. The summed E-state index contributed by atoms with van der Waals surface area (Å²) in [4.78, 5) is 4.53. The number of nitrogens with zero attached hydrogens (tertiary/aromatic N) is 4. The number of aromatic nitrogens is 4. The molecule has 27 heavy (non-hydrogen) atoms. The molecule has 0 spiro atoms. The normalized spacial score (nSPS) is 12.3. The Bertz CT molecular complexity index is 1060. The van der Waals surface area contributed by atoms with E-state index < -0.39 is 0 Å². The number of hydrogen-bond acceptors (Lipinski definition) is 5. The average molecular weight is 376 g/mol. The van der Waals surface area contributed by atoms with Gasteiger partial charge in [-0.1, -0.05) is 42.1 Å². The summed E-state index contributed by atoms with van der Waals surface area (Å²) in [5.41, 5.74) is 4.56. The fourth-order valence-electron chi connectivity index (χ4n) is 2.86. The van der Waals surface area contributed by atoms with Crippen LogP contribution in [-0.4, -0.2) is 19.7 Å². The molecule has 0 aliphatic rings. The molecule has 0 saturated carbocycles. The minimum Gasteiger partial charge on any atom is -0.419 e. The van der Waals surface area contributed by atoms with Gasteiger partial charge in [0, 0.05) is 18.0 Å². The van der Waals surface area contributed by atoms with Crippen LogP contribution in [0, 0.1) is 13.8 Å². The van der Waals surface area contributed by atoms with Crippen LogP contribution in [0.15, 0.2) is 70.5 Å². The predicted octanol–water partition coefficient (Wildman–Crippen LogP) is 5.39. The van der Waals surface area contributed by atoms with E-state index >= 15 is 0 Å². The lowest BCUT2D eigenvalue weighted by Crippen LogP contribution is -2.00. The van der Waals surface area contributed by atoms with Crippen LogP contribution < -0.4 is 0 Å². The van der Waals surface area contributed by atoms with Crippen molar-refractivity contribution in [2.24, 2.45) is 0 Å². The van der Waals surface area contributed by atoms with Gasteiger partial charge in [-0.3, -0.25) is 4.57 Å². The van der Waals surface area contributed by atoms with Crippen molar-refractivity contribution in [3.05, 3.63) is 77.9 Å². The van der Waals surface area contributed by atoms with E-state index in [0.29, 0.717) is 11.8 Å². The van der Waals surface area contributed by atoms with Gasteiger partial charge in [0.05, 0.1) is 10.9 Å². The zero-order valence-corrected chi connectivity index (χ0v) is 16.3. The lowest BCUT2D eigenvalue weighted by Gasteiger charge is -2.13. The molecule has 0 saturated heterocycles. The van der Waals surface area contributed by atoms with Gasteiger partial charge < -0.3 is 4.42 Å². The zero-order chi connectivity index (χ0) is 18.8. The van der Waals surface area contributed by atoms with Gasteiger partial charge in [-0.25, -0.2) is 4.98 Å². The van der Waals surface area contributed by atoms with Crippen LogP contribution in [0.4, 0.5) is 0 Å². The van der Waals surface area contributed by atoms with Crippen LogP contribution in [-0.2, 0) is 0 Å². The Kier molecular flexibility index (Phi) is 4.81. The van der Waals surface area contributed by atoms with E-state index in [-0.39, 0.29) is 5.25 Å². The Labute approximate surface area is 162 Å². The second-order valence-corrected chi connectivity index (χ2v) is 7.68. The van der Waals surface area contributed by atoms with Gasteiger partial charge in [-0.2, -0.15) is 0 Å². The Balaban J connectivity index is 1.58. The standard InChI is InChI=1S/C21H20N4OS/c1-14-8-7-11-18(15(14)2)25-13-12-22-21(25)27-16(3)19-23-24-20(26-19)17-9-5-4-6-10-17/h4-13,16H,1-3H3. The predicted molar refractivity (Wildman–Crippen MR) is 107 cm³/mol. The fourth-order valence-corrected chi connectivity index (χ4v) is 3.77. The number of imidazole rings is 1. The van der Waals surface area contributed by atoms with E-state index in [1.165, 1.54) is 11.1 Å². The lowest BCUT2D eigenvalue weighted by atomic mass is 10.1. The molecule has 1 atom stereocenters. The first-order chi connectivity index (χ1) is 13.1. The first kappa shape index (κ1) is 17.5. The van der Waals surface area contributed by atoms with E-state index in [1.807, 2.05) is 42.7 Å². The fraction of sp³-hybridized carbons (Fsp3) is 0.190. The van der Waals surface area contributed by atoms with Gasteiger partial charge >= 0.3 is 0 Å². The summed E-state index contributed by atoms with van der Waals surface area (Å²) in [7, 11) is 0. The molecule has 0 bridgehead atoms. The van der Waals surface area contributed by atoms with Crippen LogP contribution in [0.25, 0.3) is 17.1 Å². The summed E-state index contributed by atoms with van der Waals surface area (Å²) in [5.74, 6) is 1.13. The summed E-state index contributed by atoms with van der Waals surface area (Å²) >= 11 is 1.60. The van der Waals surface area contributed by atoms with Crippen LogP contribution >= 0.6 is 11.8 Å². The molecule has 2 aromatic carbocycles. The van der Waals surface area contributed by atoms with E-state index in [0.717, 1.165) is 16.4 Å². The molecule has 4 aromatic rings. The Hall–Kier alpha value is -2.86. The molecule has 0 fully saturated rings. The Morgan fingerprint density at radius 1 is 1.00 bits per heavy atom. The second kappa shape index (κ2) is 7.40. The number of thioether (sulfide) groups is 1. The van der Waals surface area contributed by atoms with E-state index in [4.69, 9.17) is 4.42 Å². The number of benzene rings is 2. The summed E-state index contributed by atoms with van der Waals surface area (Å²) in [6.07, 6.45) is 3.81. The molecule has 1 unspecified atom stereocenters. The van der Waals surface area contributed by atoms with Crippen LogP contribution in [0.2, 0.25) is 0 Å². The highest BCUT2D eigenvalue weighted by atomic mass is 32.2. The lowest BCUT2D eigenvalue weighted by molar-refractivity contribution is 0.509. The number of hydrogen-bond donors (Lipinski definition) is 0. The average Bonchev–Trinajstić information content (AvgIpc) is 3.34. The van der Waals surface area contributed by atoms with Crippen molar-refractivity contribution in [2.45, 2.75) is 31.2 Å². The van der Waals surface area contributed by atoms with Crippen molar-refractivity contribution >= 4 is 11.8 Å². The van der Waals surface area contributed by atoms with Crippen molar-refractivity contribution in [1.82, 2.24) is 19.7 Å². The van der Waals surface area contributed by atoms with Crippen LogP contribution in [0.1, 0.15) is 29.2 Å². The molecule has 0 radical (unpaired) electrons. The van der Waals surface area contributed by atoms with Crippen molar-refractivity contribution in [2.75, 3.05) is 0 Å². The quantitative estimate of drug-likeness (QED) is 0.437. The third-order valence-electron chi connectivity index (χ3n) is 4.53. The van der Waals surface area contributed by atoms with Gasteiger partial charge in [0.2, 0.25) is 11.8 Å². The number of aryl methyl sites for hydroxylation is 1. The number of rotatable bonds is 5. The molecule has 6 heteroatoms. The van der Waals surface area contributed by atoms with Crippen molar-refractivity contribution in [3.63, 3.8) is 0 Å². The third-order valence-corrected chi connectivity index (χ3v) is 5.60. The van der Waals surface area contributed by atoms with Crippen LogP contribution in [0.5, 0.6) is 0 Å². The van der Waals surface area contributed by atoms with Crippen molar-refractivity contribution in [1.29, 1.82) is 0 Å². The first-order valence-electron chi connectivity index (χ1n) is 8.79. The molecule has 0 N–H and O–H groups in total. The molecule has 2 heterocycles. The van der Waals surface area contributed by atoms with Gasteiger partial charge in [-0.05, 0) is 50.1 Å². The minimum atomic E-state index is -0.0128. The molecule has 4 rings (SSSR count). The maximum atomic E-state index is 5.89. The van der Waals surface area contributed by atoms with Gasteiger partial charge in [0.25, 0.3) is 0 Å². The smallest absolute Gasteiger partial charge is 0.247 e. The molecule has 0 aliphatic carbocycles. The highest BCUT2D eigenvalue weighted by Gasteiger charge is 2.19. The molecule has 2 aromatic heterocycles. The Morgan fingerprint density at radius 2 is 1.81 bits per heavy atom. The maximum Gasteiger partial charge on any atom is 0.247 e. The third kappa shape index (κ3) is 3.53. The largest absolute Gasteiger partial charge is 0.419 e. The zero-order valence-electron chi connectivity index (χ0n) is 15.5. The summed E-state index contributed by atoms with van der Waals surface area (Å²) in [6.45, 7) is 6.30. The van der Waals surface area contributed by atoms with Gasteiger partial charge in [0.1, 0.15) is 0 Å². The summed E-state index contributed by atoms with van der Waals surface area (Å²) in [6, 6.07) is 16.1. The van der Waals surface area contributed by atoms with Crippen LogP contribution in [0.3, 0.4) is 0 Å². The van der Waals surface area contributed by atoms with Gasteiger partial charge in [0.15, 0.2) is 5.16 Å². The SMILES string of the molecule is Cc1cccc(-n2ccnc2SC(C)c2nnc(-c3ccccc3)o2)c1C. The highest BCUT2D eigenvalue weighted by molar-refractivity contribution is 7.99. The van der Waals surface area contributed by atoms with Crippen molar-refractivity contribution < 1.29 is 4.42 Å². The van der Waals surface area contributed by atoms with E-state index in [1.54, 1.807) is 11.8 Å². The van der Waals surface area contributed by atoms with E-state index in [9.17, 15) is 0 Å². The summed E-state index contributed by atoms with van der Waals surface area (Å²) in [5, 5.41) is 9.30. The molecule has 0 amide bonds. The molecular weight excluding hydrogens is 356 g/mol.